The zero-order chi connectivity index (χ0) is 19.8. The van der Waals surface area contributed by atoms with E-state index in [1.807, 2.05) is 12.1 Å². The van der Waals surface area contributed by atoms with E-state index < -0.39 is 6.23 Å². The Labute approximate surface area is 177 Å². The monoisotopic (exact) mass is 414 g/mol. The van der Waals surface area contributed by atoms with E-state index in [1.54, 1.807) is 23.5 Å². The van der Waals surface area contributed by atoms with Crippen LogP contribution in [0.15, 0.2) is 41.1 Å². The Balaban J connectivity index is 1.18. The first-order chi connectivity index (χ1) is 14.2. The van der Waals surface area contributed by atoms with Gasteiger partial charge in [0.05, 0.1) is 0 Å². The summed E-state index contributed by atoms with van der Waals surface area (Å²) < 4.78 is 13.2. The van der Waals surface area contributed by atoms with Gasteiger partial charge < -0.3 is 10.0 Å². The molecule has 1 saturated carbocycles. The fraction of sp³-hybridized carbons (Fsp3) is 0.583. The van der Waals surface area contributed by atoms with Gasteiger partial charge in [-0.25, -0.2) is 4.39 Å². The summed E-state index contributed by atoms with van der Waals surface area (Å²) in [5.74, 6) is 2.69. The summed E-state index contributed by atoms with van der Waals surface area (Å²) in [6.45, 7) is 5.46. The minimum atomic E-state index is -0.447. The van der Waals surface area contributed by atoms with Crippen molar-refractivity contribution < 1.29 is 9.50 Å². The molecule has 1 aromatic carbocycles. The van der Waals surface area contributed by atoms with Crippen LogP contribution in [0.2, 0.25) is 0 Å². The van der Waals surface area contributed by atoms with Crippen LogP contribution in [-0.4, -0.2) is 47.6 Å². The number of rotatable bonds is 6. The van der Waals surface area contributed by atoms with Crippen molar-refractivity contribution in [2.24, 2.45) is 17.8 Å². The minimum Gasteiger partial charge on any atom is -0.374 e. The quantitative estimate of drug-likeness (QED) is 0.741. The zero-order valence-corrected chi connectivity index (χ0v) is 17.7. The molecule has 1 N–H and O–H groups in total. The number of nitrogens with zero attached hydrogens (tertiary/aromatic N) is 2. The first kappa shape index (κ1) is 19.7. The van der Waals surface area contributed by atoms with Gasteiger partial charge in [0.25, 0.3) is 0 Å². The van der Waals surface area contributed by atoms with Crippen molar-refractivity contribution in [3.63, 3.8) is 0 Å². The number of aliphatic hydroxyl groups excluding tert-OH is 1. The molecule has 3 heterocycles. The van der Waals surface area contributed by atoms with Gasteiger partial charge in [-0.1, -0.05) is 12.1 Å². The van der Waals surface area contributed by atoms with Crippen LogP contribution in [0.4, 0.5) is 4.39 Å². The molecule has 3 nitrogen and oxygen atoms in total. The van der Waals surface area contributed by atoms with E-state index in [9.17, 15) is 9.50 Å². The largest absolute Gasteiger partial charge is 0.374 e. The number of thiophene rings is 1. The topological polar surface area (TPSA) is 26.7 Å². The van der Waals surface area contributed by atoms with Crippen LogP contribution in [0.5, 0.6) is 0 Å². The number of likely N-dealkylation sites (tertiary alicyclic amines) is 2. The standard InChI is InChI=1S/C24H31FN2OS/c25-22-5-3-17(4-6-22)18-7-10-26(11-8-18)13-21-14-27(15-23(21)19-1-2-19)24(28)20-9-12-29-16-20/h3-6,9,12,16,18-19,21,23-24,28H,1-2,7-8,10-11,13-15H2/t21?,23-,24?/m0/s1. The van der Waals surface area contributed by atoms with Crippen molar-refractivity contribution >= 4 is 11.3 Å². The SMILES string of the molecule is OC(c1ccsc1)N1CC(CN2CCC(c3ccc(F)cc3)CC2)[C@H](C2CC2)C1. The van der Waals surface area contributed by atoms with Crippen molar-refractivity contribution in [2.75, 3.05) is 32.7 Å². The number of benzene rings is 1. The van der Waals surface area contributed by atoms with Crippen LogP contribution in [0.25, 0.3) is 0 Å². The fourth-order valence-electron chi connectivity index (χ4n) is 5.53. The van der Waals surface area contributed by atoms with Gasteiger partial charge in [0.1, 0.15) is 12.0 Å². The van der Waals surface area contributed by atoms with Gasteiger partial charge in [-0.05, 0) is 97.0 Å². The summed E-state index contributed by atoms with van der Waals surface area (Å²) >= 11 is 1.66. The van der Waals surface area contributed by atoms with Crippen LogP contribution < -0.4 is 0 Å². The molecular formula is C24H31FN2OS. The van der Waals surface area contributed by atoms with Crippen molar-refractivity contribution in [3.05, 3.63) is 58.0 Å². The Bertz CT molecular complexity index is 784. The molecule has 5 rings (SSSR count). The second-order valence-electron chi connectivity index (χ2n) is 9.27. The Kier molecular flexibility index (Phi) is 5.74. The second kappa shape index (κ2) is 8.46. The molecule has 0 amide bonds. The summed E-state index contributed by atoms with van der Waals surface area (Å²) in [5, 5.41) is 15.0. The van der Waals surface area contributed by atoms with Gasteiger partial charge in [-0.15, -0.1) is 0 Å². The molecule has 2 saturated heterocycles. The van der Waals surface area contributed by atoms with Crippen LogP contribution >= 0.6 is 11.3 Å². The highest BCUT2D eigenvalue weighted by Gasteiger charge is 2.44. The lowest BCUT2D eigenvalue weighted by molar-refractivity contribution is 0.0137. The van der Waals surface area contributed by atoms with Gasteiger partial charge in [0.2, 0.25) is 0 Å². The highest BCUT2D eigenvalue weighted by molar-refractivity contribution is 7.07. The third-order valence-corrected chi connectivity index (χ3v) is 8.06. The van der Waals surface area contributed by atoms with E-state index in [4.69, 9.17) is 0 Å². The lowest BCUT2D eigenvalue weighted by Crippen LogP contribution is -2.39. The van der Waals surface area contributed by atoms with Crippen molar-refractivity contribution in [3.8, 4) is 0 Å². The smallest absolute Gasteiger partial charge is 0.134 e. The molecule has 2 aliphatic heterocycles. The molecule has 3 fully saturated rings. The Morgan fingerprint density at radius 2 is 1.79 bits per heavy atom. The maximum atomic E-state index is 13.2. The third-order valence-electron chi connectivity index (χ3n) is 7.36. The Hall–Kier alpha value is -1.27. The van der Waals surface area contributed by atoms with Crippen LogP contribution in [0.3, 0.4) is 0 Å². The predicted octanol–water partition coefficient (Wildman–Crippen LogP) is 4.72. The predicted molar refractivity (Wildman–Crippen MR) is 115 cm³/mol. The Morgan fingerprint density at radius 1 is 1.03 bits per heavy atom. The number of hydrogen-bond donors (Lipinski definition) is 1. The average molecular weight is 415 g/mol. The van der Waals surface area contributed by atoms with Gasteiger partial charge >= 0.3 is 0 Å². The van der Waals surface area contributed by atoms with Crippen LogP contribution in [0, 0.1) is 23.6 Å². The summed E-state index contributed by atoms with van der Waals surface area (Å²) in [5.41, 5.74) is 2.33. The first-order valence-corrected chi connectivity index (χ1v) is 12.0. The summed E-state index contributed by atoms with van der Waals surface area (Å²) in [6, 6.07) is 9.15. The van der Waals surface area contributed by atoms with Crippen molar-refractivity contribution in [1.82, 2.24) is 9.80 Å². The van der Waals surface area contributed by atoms with Crippen molar-refractivity contribution in [1.29, 1.82) is 0 Å². The molecular weight excluding hydrogens is 383 g/mol. The lowest BCUT2D eigenvalue weighted by atomic mass is 9.87. The highest BCUT2D eigenvalue weighted by atomic mass is 32.1. The van der Waals surface area contributed by atoms with Gasteiger partial charge in [-0.3, -0.25) is 4.90 Å². The minimum absolute atomic E-state index is 0.146. The summed E-state index contributed by atoms with van der Waals surface area (Å²) in [7, 11) is 0. The molecule has 1 aromatic heterocycles. The number of aliphatic hydroxyl groups is 1. The number of hydrogen-bond acceptors (Lipinski definition) is 4. The highest BCUT2D eigenvalue weighted by Crippen LogP contribution is 2.46. The van der Waals surface area contributed by atoms with Crippen molar-refractivity contribution in [2.45, 2.75) is 37.8 Å². The Morgan fingerprint density at radius 3 is 2.45 bits per heavy atom. The van der Waals surface area contributed by atoms with Gasteiger partial charge in [-0.2, -0.15) is 11.3 Å². The summed E-state index contributed by atoms with van der Waals surface area (Å²) in [6.07, 6.45) is 4.62. The molecule has 3 aliphatic rings. The van der Waals surface area contributed by atoms with E-state index >= 15 is 0 Å². The van der Waals surface area contributed by atoms with Gasteiger partial charge in [0, 0.05) is 25.2 Å². The molecule has 0 radical (unpaired) electrons. The average Bonchev–Trinajstić information content (AvgIpc) is 3.26. The molecule has 5 heteroatoms. The zero-order valence-electron chi connectivity index (χ0n) is 16.9. The van der Waals surface area contributed by atoms with E-state index in [-0.39, 0.29) is 5.82 Å². The number of piperidine rings is 1. The summed E-state index contributed by atoms with van der Waals surface area (Å²) in [4.78, 5) is 4.95. The van der Waals surface area contributed by atoms with E-state index in [1.165, 1.54) is 18.4 Å². The molecule has 0 spiro atoms. The maximum Gasteiger partial charge on any atom is 0.134 e. The fourth-order valence-corrected chi connectivity index (χ4v) is 6.20. The normalized spacial score (nSPS) is 28.1. The van der Waals surface area contributed by atoms with Crippen LogP contribution in [-0.2, 0) is 0 Å². The molecule has 0 bridgehead atoms. The lowest BCUT2D eigenvalue weighted by Gasteiger charge is -2.35. The molecule has 3 atom stereocenters. The van der Waals surface area contributed by atoms with E-state index in [0.29, 0.717) is 11.8 Å². The van der Waals surface area contributed by atoms with Gasteiger partial charge in [0.15, 0.2) is 0 Å². The number of halogens is 1. The maximum absolute atomic E-state index is 13.2. The van der Waals surface area contributed by atoms with E-state index in [0.717, 1.165) is 63.0 Å². The first-order valence-electron chi connectivity index (χ1n) is 11.1. The van der Waals surface area contributed by atoms with E-state index in [2.05, 4.69) is 26.6 Å². The van der Waals surface area contributed by atoms with Crippen LogP contribution in [0.1, 0.15) is 49.0 Å². The third kappa shape index (κ3) is 4.43. The molecule has 1 aliphatic carbocycles. The second-order valence-corrected chi connectivity index (χ2v) is 10.1. The molecule has 156 valence electrons. The molecule has 2 aromatic rings. The molecule has 2 unspecified atom stereocenters. The molecule has 29 heavy (non-hydrogen) atoms.